The van der Waals surface area contributed by atoms with Crippen LogP contribution >= 0.6 is 11.6 Å². The maximum absolute atomic E-state index is 10.4. The van der Waals surface area contributed by atoms with Gasteiger partial charge in [0.15, 0.2) is 0 Å². The third-order valence-corrected chi connectivity index (χ3v) is 2.39. The van der Waals surface area contributed by atoms with Crippen molar-refractivity contribution in [3.63, 3.8) is 0 Å². The van der Waals surface area contributed by atoms with Crippen molar-refractivity contribution in [1.82, 2.24) is 0 Å². The van der Waals surface area contributed by atoms with E-state index in [1.54, 1.807) is 12.1 Å². The minimum absolute atomic E-state index is 0.0973. The summed E-state index contributed by atoms with van der Waals surface area (Å²) in [6, 6.07) is 7.26. The van der Waals surface area contributed by atoms with Crippen LogP contribution in [0.25, 0.3) is 0 Å². The largest absolute Gasteiger partial charge is 0.232 e. The number of alkyl halides is 1. The average molecular weight is 205 g/mol. The van der Waals surface area contributed by atoms with Gasteiger partial charge >= 0.3 is 0 Å². The molecule has 12 heavy (non-hydrogen) atoms. The van der Waals surface area contributed by atoms with Crippen molar-refractivity contribution in [2.24, 2.45) is 0 Å². The molecule has 0 aliphatic heterocycles. The summed E-state index contributed by atoms with van der Waals surface area (Å²) in [5.41, 5.74) is 1.75. The predicted octanol–water partition coefficient (Wildman–Crippen LogP) is 1.54. The Bertz CT molecular complexity index is 326. The van der Waals surface area contributed by atoms with Crippen molar-refractivity contribution in [1.29, 1.82) is 0 Å². The number of benzene rings is 1. The summed E-state index contributed by atoms with van der Waals surface area (Å²) in [5.74, 6) is 0.517. The second-order valence-electron chi connectivity index (χ2n) is 2.44. The fourth-order valence-electron chi connectivity index (χ4n) is 0.960. The SMILES string of the molecule is O=[SH](=O)Cc1cccc(CCl)c1. The van der Waals surface area contributed by atoms with Crippen molar-refractivity contribution in [3.05, 3.63) is 35.4 Å². The van der Waals surface area contributed by atoms with Crippen LogP contribution in [0.2, 0.25) is 0 Å². The summed E-state index contributed by atoms with van der Waals surface area (Å²) in [6.07, 6.45) is 0. The molecule has 0 amide bonds. The van der Waals surface area contributed by atoms with Gasteiger partial charge in [0.05, 0.1) is 5.75 Å². The van der Waals surface area contributed by atoms with Crippen LogP contribution < -0.4 is 0 Å². The van der Waals surface area contributed by atoms with E-state index in [-0.39, 0.29) is 5.75 Å². The molecule has 1 rings (SSSR count). The molecule has 1 aromatic rings. The molecule has 0 spiro atoms. The Morgan fingerprint density at radius 3 is 2.50 bits per heavy atom. The van der Waals surface area contributed by atoms with E-state index in [0.29, 0.717) is 5.88 Å². The smallest absolute Gasteiger partial charge is 0.144 e. The van der Waals surface area contributed by atoms with Gasteiger partial charge in [0.2, 0.25) is 0 Å². The first-order valence-electron chi connectivity index (χ1n) is 3.48. The minimum Gasteiger partial charge on any atom is -0.232 e. The molecular weight excluding hydrogens is 196 g/mol. The minimum atomic E-state index is -2.34. The van der Waals surface area contributed by atoms with E-state index in [9.17, 15) is 8.42 Å². The van der Waals surface area contributed by atoms with E-state index >= 15 is 0 Å². The Morgan fingerprint density at radius 1 is 1.25 bits per heavy atom. The van der Waals surface area contributed by atoms with Crippen LogP contribution in [0.1, 0.15) is 11.1 Å². The molecule has 0 aliphatic rings. The van der Waals surface area contributed by atoms with Crippen LogP contribution in [0.5, 0.6) is 0 Å². The highest BCUT2D eigenvalue weighted by atomic mass is 35.5. The summed E-state index contributed by atoms with van der Waals surface area (Å²) in [7, 11) is -2.34. The first-order valence-corrected chi connectivity index (χ1v) is 5.37. The fourth-order valence-corrected chi connectivity index (χ4v) is 1.62. The van der Waals surface area contributed by atoms with E-state index in [1.807, 2.05) is 12.1 Å². The third-order valence-electron chi connectivity index (χ3n) is 1.46. The van der Waals surface area contributed by atoms with E-state index in [4.69, 9.17) is 11.6 Å². The first kappa shape index (κ1) is 9.55. The number of hydrogen-bond donors (Lipinski definition) is 1. The normalized spacial score (nSPS) is 10.5. The van der Waals surface area contributed by atoms with Crippen LogP contribution in [0.15, 0.2) is 24.3 Å². The highest BCUT2D eigenvalue weighted by Crippen LogP contribution is 2.08. The lowest BCUT2D eigenvalue weighted by atomic mass is 10.2. The van der Waals surface area contributed by atoms with Gasteiger partial charge in [0, 0.05) is 5.88 Å². The highest BCUT2D eigenvalue weighted by molar-refractivity contribution is 7.71. The molecule has 0 saturated heterocycles. The molecule has 0 aromatic heterocycles. The number of rotatable bonds is 3. The molecule has 0 bridgehead atoms. The molecule has 0 radical (unpaired) electrons. The standard InChI is InChI=1S/C8H9ClO2S/c9-5-7-2-1-3-8(4-7)6-12(10)11/h1-4,12H,5-6H2. The molecule has 0 unspecified atom stereocenters. The average Bonchev–Trinajstić information content (AvgIpc) is 2.03. The summed E-state index contributed by atoms with van der Waals surface area (Å²) in [4.78, 5) is 0. The van der Waals surface area contributed by atoms with Crippen molar-refractivity contribution in [3.8, 4) is 0 Å². The lowest BCUT2D eigenvalue weighted by Crippen LogP contribution is -1.87. The number of halogens is 1. The number of thiol groups is 1. The molecular formula is C8H9ClO2S. The topological polar surface area (TPSA) is 34.1 Å². The Kier molecular flexibility index (Phi) is 3.56. The Hall–Kier alpha value is -0.540. The Balaban J connectivity index is 2.86. The van der Waals surface area contributed by atoms with Gasteiger partial charge in [-0.1, -0.05) is 24.3 Å². The van der Waals surface area contributed by atoms with Gasteiger partial charge in [0.1, 0.15) is 10.7 Å². The van der Waals surface area contributed by atoms with Crippen LogP contribution in [-0.2, 0) is 22.3 Å². The second-order valence-corrected chi connectivity index (χ2v) is 3.69. The molecule has 0 heterocycles. The van der Waals surface area contributed by atoms with E-state index < -0.39 is 10.7 Å². The Labute approximate surface area is 78.1 Å². The first-order chi connectivity index (χ1) is 5.72. The van der Waals surface area contributed by atoms with E-state index in [1.165, 1.54) is 0 Å². The monoisotopic (exact) mass is 204 g/mol. The van der Waals surface area contributed by atoms with Crippen LogP contribution in [0, 0.1) is 0 Å². The molecule has 0 saturated carbocycles. The molecule has 1 aromatic carbocycles. The zero-order valence-corrected chi connectivity index (χ0v) is 8.02. The molecule has 4 heteroatoms. The van der Waals surface area contributed by atoms with E-state index in [2.05, 4.69) is 0 Å². The van der Waals surface area contributed by atoms with Crippen LogP contribution in [0.3, 0.4) is 0 Å². The van der Waals surface area contributed by atoms with Gasteiger partial charge in [-0.25, -0.2) is 8.42 Å². The predicted molar refractivity (Wildman–Crippen MR) is 50.0 cm³/mol. The molecule has 0 aliphatic carbocycles. The van der Waals surface area contributed by atoms with Crippen molar-refractivity contribution >= 4 is 22.3 Å². The summed E-state index contributed by atoms with van der Waals surface area (Å²) < 4.78 is 20.7. The summed E-state index contributed by atoms with van der Waals surface area (Å²) >= 11 is 5.58. The van der Waals surface area contributed by atoms with Crippen molar-refractivity contribution in [2.45, 2.75) is 11.6 Å². The Morgan fingerprint density at radius 2 is 1.92 bits per heavy atom. The van der Waals surface area contributed by atoms with Gasteiger partial charge in [0.25, 0.3) is 0 Å². The van der Waals surface area contributed by atoms with E-state index in [0.717, 1.165) is 11.1 Å². The molecule has 2 nitrogen and oxygen atoms in total. The fraction of sp³-hybridized carbons (Fsp3) is 0.250. The molecule has 0 N–H and O–H groups in total. The van der Waals surface area contributed by atoms with Gasteiger partial charge in [-0.05, 0) is 11.1 Å². The quantitative estimate of drug-likeness (QED) is 0.599. The lowest BCUT2D eigenvalue weighted by Gasteiger charge is -1.97. The summed E-state index contributed by atoms with van der Waals surface area (Å²) in [6.45, 7) is 0. The maximum Gasteiger partial charge on any atom is 0.144 e. The molecule has 0 atom stereocenters. The van der Waals surface area contributed by atoms with Crippen molar-refractivity contribution < 1.29 is 8.42 Å². The highest BCUT2D eigenvalue weighted by Gasteiger charge is 1.95. The van der Waals surface area contributed by atoms with Gasteiger partial charge in [-0.2, -0.15) is 0 Å². The van der Waals surface area contributed by atoms with Crippen molar-refractivity contribution in [2.75, 3.05) is 0 Å². The van der Waals surface area contributed by atoms with Gasteiger partial charge in [-0.3, -0.25) is 0 Å². The zero-order valence-electron chi connectivity index (χ0n) is 6.37. The maximum atomic E-state index is 10.4. The van der Waals surface area contributed by atoms with Crippen LogP contribution in [0.4, 0.5) is 0 Å². The van der Waals surface area contributed by atoms with Gasteiger partial charge < -0.3 is 0 Å². The molecule has 0 fully saturated rings. The second kappa shape index (κ2) is 4.48. The van der Waals surface area contributed by atoms with Gasteiger partial charge in [-0.15, -0.1) is 11.6 Å². The third kappa shape index (κ3) is 2.83. The molecule has 66 valence electrons. The summed E-state index contributed by atoms with van der Waals surface area (Å²) in [5, 5.41) is 0. The number of hydrogen-bond acceptors (Lipinski definition) is 2. The van der Waals surface area contributed by atoms with Crippen LogP contribution in [-0.4, -0.2) is 8.42 Å². The zero-order chi connectivity index (χ0) is 8.97. The lowest BCUT2D eigenvalue weighted by molar-refractivity contribution is 0.614.